The molecule has 2 aliphatic heterocycles. The van der Waals surface area contributed by atoms with E-state index in [-0.39, 0.29) is 39.9 Å². The minimum Gasteiger partial charge on any atom is -0.462 e. The van der Waals surface area contributed by atoms with Crippen molar-refractivity contribution in [1.29, 1.82) is 0 Å². The van der Waals surface area contributed by atoms with Crippen molar-refractivity contribution in [3.05, 3.63) is 34.4 Å². The highest BCUT2D eigenvalue weighted by molar-refractivity contribution is 5.75. The van der Waals surface area contributed by atoms with Crippen LogP contribution in [-0.4, -0.2) is 78.0 Å². The molecule has 0 spiro atoms. The predicted octanol–water partition coefficient (Wildman–Crippen LogP) is 2.99. The number of methoxy groups -OCH3 is 1. The summed E-state index contributed by atoms with van der Waals surface area (Å²) in [5.41, 5.74) is -0.884. The molecule has 0 aromatic heterocycles. The van der Waals surface area contributed by atoms with Gasteiger partial charge in [0.05, 0.1) is 22.0 Å². The van der Waals surface area contributed by atoms with Crippen molar-refractivity contribution in [2.24, 2.45) is 17.3 Å². The molecule has 1 aromatic carbocycles. The van der Waals surface area contributed by atoms with Crippen LogP contribution in [-0.2, 0) is 14.3 Å². The molecule has 2 heterocycles. The number of non-ortho nitro benzene ring substituents is 1. The van der Waals surface area contributed by atoms with Crippen molar-refractivity contribution in [3.8, 4) is 0 Å². The molecule has 0 bridgehead atoms. The summed E-state index contributed by atoms with van der Waals surface area (Å²) >= 11 is 0. The maximum atomic E-state index is 13.0. The Kier molecular flexibility index (Phi) is 6.09. The van der Waals surface area contributed by atoms with Gasteiger partial charge in [0.25, 0.3) is 5.69 Å². The Morgan fingerprint density at radius 3 is 2.46 bits per heavy atom. The zero-order valence-electron chi connectivity index (χ0n) is 20.9. The number of nitro groups is 1. The van der Waals surface area contributed by atoms with Gasteiger partial charge in [0.15, 0.2) is 0 Å². The van der Waals surface area contributed by atoms with Crippen LogP contribution in [0.5, 0.6) is 0 Å². The van der Waals surface area contributed by atoms with E-state index in [9.17, 15) is 20.0 Å². The Balaban J connectivity index is 1.25. The lowest BCUT2D eigenvalue weighted by Crippen LogP contribution is -2.69. The van der Waals surface area contributed by atoms with E-state index in [0.717, 1.165) is 51.1 Å². The first-order chi connectivity index (χ1) is 16.6. The smallest absolute Gasteiger partial charge is 0.310 e. The van der Waals surface area contributed by atoms with Gasteiger partial charge in [-0.2, -0.15) is 0 Å². The van der Waals surface area contributed by atoms with Crippen molar-refractivity contribution >= 4 is 17.3 Å². The maximum Gasteiger partial charge on any atom is 0.310 e. The highest BCUT2D eigenvalue weighted by Crippen LogP contribution is 2.61. The summed E-state index contributed by atoms with van der Waals surface area (Å²) in [5, 5.41) is 23.0. The molecule has 0 radical (unpaired) electrons. The number of ether oxygens (including phenoxy) is 2. The van der Waals surface area contributed by atoms with Crippen molar-refractivity contribution in [2.45, 2.75) is 63.3 Å². The molecule has 9 heteroatoms. The minimum absolute atomic E-state index is 0.0131. The second-order valence-corrected chi connectivity index (χ2v) is 11.4. The second-order valence-electron chi connectivity index (χ2n) is 11.4. The Labute approximate surface area is 206 Å². The fraction of sp³-hybridized carbons (Fsp3) is 0.731. The monoisotopic (exact) mass is 487 g/mol. The van der Waals surface area contributed by atoms with Crippen LogP contribution in [0.3, 0.4) is 0 Å². The number of nitro benzene ring substituents is 1. The first-order valence-corrected chi connectivity index (χ1v) is 12.8. The molecule has 6 atom stereocenters. The highest BCUT2D eigenvalue weighted by atomic mass is 16.6. The van der Waals surface area contributed by atoms with Crippen molar-refractivity contribution in [3.63, 3.8) is 0 Å². The largest absolute Gasteiger partial charge is 0.462 e. The van der Waals surface area contributed by atoms with Gasteiger partial charge in [-0.1, -0.05) is 6.92 Å². The van der Waals surface area contributed by atoms with Gasteiger partial charge in [-0.15, -0.1) is 0 Å². The first kappa shape index (κ1) is 24.5. The number of esters is 1. The summed E-state index contributed by atoms with van der Waals surface area (Å²) in [4.78, 5) is 28.1. The normalized spacial score (nSPS) is 39.6. The summed E-state index contributed by atoms with van der Waals surface area (Å²) < 4.78 is 11.8. The van der Waals surface area contributed by atoms with E-state index >= 15 is 0 Å². The van der Waals surface area contributed by atoms with Gasteiger partial charge >= 0.3 is 5.97 Å². The van der Waals surface area contributed by atoms with E-state index in [1.807, 2.05) is 6.92 Å². The Hall–Kier alpha value is -2.23. The lowest BCUT2D eigenvalue weighted by molar-refractivity contribution is -0.384. The van der Waals surface area contributed by atoms with Crippen LogP contribution < -0.4 is 4.90 Å². The van der Waals surface area contributed by atoms with Gasteiger partial charge in [-0.05, 0) is 51.2 Å². The maximum absolute atomic E-state index is 13.0. The van der Waals surface area contributed by atoms with Crippen LogP contribution in [0.4, 0.5) is 11.4 Å². The quantitative estimate of drug-likeness (QED) is 0.384. The molecule has 4 fully saturated rings. The summed E-state index contributed by atoms with van der Waals surface area (Å²) in [6.45, 7) is 7.97. The molecule has 192 valence electrons. The van der Waals surface area contributed by atoms with Crippen LogP contribution >= 0.6 is 0 Å². The molecule has 4 aliphatic rings. The topological polar surface area (TPSA) is 105 Å². The molecule has 9 nitrogen and oxygen atoms in total. The van der Waals surface area contributed by atoms with Crippen LogP contribution in [0.2, 0.25) is 0 Å². The number of carbonyl (C=O) groups excluding carboxylic acids is 1. The van der Waals surface area contributed by atoms with E-state index < -0.39 is 11.2 Å². The summed E-state index contributed by atoms with van der Waals surface area (Å²) in [5.74, 6) is -0.397. The van der Waals surface area contributed by atoms with Gasteiger partial charge < -0.3 is 19.5 Å². The van der Waals surface area contributed by atoms with E-state index in [1.165, 1.54) is 12.1 Å². The number of nitrogens with zero attached hydrogens (tertiary/aromatic N) is 3. The lowest BCUT2D eigenvalue weighted by atomic mass is 9.49. The fourth-order valence-electron chi connectivity index (χ4n) is 7.34. The molecule has 2 unspecified atom stereocenters. The van der Waals surface area contributed by atoms with Gasteiger partial charge in [-0.25, -0.2) is 0 Å². The molecule has 0 amide bonds. The molecular weight excluding hydrogens is 450 g/mol. The number of aliphatic hydroxyl groups is 1. The molecule has 2 saturated carbocycles. The number of carbonyl (C=O) groups is 1. The van der Waals surface area contributed by atoms with Crippen LogP contribution in [0.25, 0.3) is 0 Å². The average Bonchev–Trinajstić information content (AvgIpc) is 3.12. The van der Waals surface area contributed by atoms with Crippen molar-refractivity contribution in [1.82, 2.24) is 4.90 Å². The third-order valence-corrected chi connectivity index (χ3v) is 9.71. The number of anilines is 1. The van der Waals surface area contributed by atoms with Gasteiger partial charge in [0.2, 0.25) is 0 Å². The SMILES string of the molecule is CO[C@]1(C)CCC[C@]2(C)C[C@H]3OC(=O)C(CN4CCN(c5ccc([N+](=O)[O-])cc5)CC4)[C@H]3CC21O. The van der Waals surface area contributed by atoms with Crippen LogP contribution in [0, 0.1) is 27.4 Å². The van der Waals surface area contributed by atoms with Crippen molar-refractivity contribution < 1.29 is 24.3 Å². The highest BCUT2D eigenvalue weighted by Gasteiger charge is 2.67. The molecule has 35 heavy (non-hydrogen) atoms. The molecular formula is C26H37N3O6. The zero-order chi connectivity index (χ0) is 25.0. The van der Waals surface area contributed by atoms with Gasteiger partial charge in [0.1, 0.15) is 6.10 Å². The average molecular weight is 488 g/mol. The first-order valence-electron chi connectivity index (χ1n) is 12.8. The van der Waals surface area contributed by atoms with Gasteiger partial charge in [-0.3, -0.25) is 19.8 Å². The van der Waals surface area contributed by atoms with E-state index in [4.69, 9.17) is 9.47 Å². The fourth-order valence-corrected chi connectivity index (χ4v) is 7.34. The Morgan fingerprint density at radius 2 is 1.83 bits per heavy atom. The molecule has 2 aliphatic carbocycles. The summed E-state index contributed by atoms with van der Waals surface area (Å²) in [6, 6.07) is 6.67. The lowest BCUT2D eigenvalue weighted by Gasteiger charge is -2.62. The predicted molar refractivity (Wildman–Crippen MR) is 130 cm³/mol. The van der Waals surface area contributed by atoms with E-state index in [2.05, 4.69) is 16.7 Å². The number of hydrogen-bond donors (Lipinski definition) is 1. The number of piperazine rings is 1. The Bertz CT molecular complexity index is 980. The molecule has 5 rings (SSSR count). The number of hydrogen-bond acceptors (Lipinski definition) is 8. The standard InChI is InChI=1S/C26H37N3O6/c1-24-9-4-10-25(2,34-3)26(24,31)15-20-21(23(30)35-22(20)16-24)17-27-11-13-28(14-12-27)18-5-7-19(8-6-18)29(32)33/h5-8,20-22,31H,4,9-17H2,1-3H3/t20-,21?,22-,24-,25-,26?/m1/s1. The van der Waals surface area contributed by atoms with E-state index in [0.29, 0.717) is 19.4 Å². The summed E-state index contributed by atoms with van der Waals surface area (Å²) in [7, 11) is 1.69. The second kappa shape index (κ2) is 8.71. The third kappa shape index (κ3) is 3.92. The number of fused-ring (bicyclic) bond motifs is 2. The van der Waals surface area contributed by atoms with Crippen molar-refractivity contribution in [2.75, 3.05) is 44.7 Å². The van der Waals surface area contributed by atoms with Gasteiger partial charge in [0, 0.05) is 69.0 Å². The van der Waals surface area contributed by atoms with E-state index in [1.54, 1.807) is 19.2 Å². The number of rotatable bonds is 5. The molecule has 1 N–H and O–H groups in total. The van der Waals surface area contributed by atoms with Crippen LogP contribution in [0.1, 0.15) is 46.0 Å². The molecule has 1 aromatic rings. The third-order valence-electron chi connectivity index (χ3n) is 9.71. The molecule has 2 saturated heterocycles. The minimum atomic E-state index is -0.991. The number of benzene rings is 1. The zero-order valence-corrected chi connectivity index (χ0v) is 20.9. The summed E-state index contributed by atoms with van der Waals surface area (Å²) in [6.07, 6.45) is 3.80. The Morgan fingerprint density at radius 1 is 1.14 bits per heavy atom. The van der Waals surface area contributed by atoms with Crippen LogP contribution in [0.15, 0.2) is 24.3 Å².